The second-order valence-corrected chi connectivity index (χ2v) is 9.78. The van der Waals surface area contributed by atoms with Gasteiger partial charge in [-0.3, -0.25) is 9.59 Å². The second-order valence-electron chi connectivity index (χ2n) is 9.78. The number of nitrogens with zero attached hydrogens (tertiary/aromatic N) is 2. The maximum Gasteiger partial charge on any atom is 0.261 e. The Labute approximate surface area is 210 Å². The summed E-state index contributed by atoms with van der Waals surface area (Å²) >= 11 is 0. The van der Waals surface area contributed by atoms with Gasteiger partial charge in [0.2, 0.25) is 5.89 Å². The molecule has 0 bridgehead atoms. The number of H-pyrrole nitrogens is 1. The third kappa shape index (κ3) is 4.48. The van der Waals surface area contributed by atoms with E-state index in [1.165, 1.54) is 17.8 Å². The summed E-state index contributed by atoms with van der Waals surface area (Å²) in [6, 6.07) is 7.75. The van der Waals surface area contributed by atoms with Gasteiger partial charge in [-0.25, -0.2) is 4.98 Å². The predicted octanol–water partition coefficient (Wildman–Crippen LogP) is 5.33. The van der Waals surface area contributed by atoms with Gasteiger partial charge in [0, 0.05) is 18.2 Å². The maximum absolute atomic E-state index is 13.8. The molecule has 3 heterocycles. The zero-order valence-corrected chi connectivity index (χ0v) is 21.8. The molecule has 0 saturated heterocycles. The summed E-state index contributed by atoms with van der Waals surface area (Å²) in [6.45, 7) is 10.8. The topological polar surface area (TPSA) is 99.4 Å². The maximum atomic E-state index is 13.8. The average Bonchev–Trinajstić information content (AvgIpc) is 3.48. The van der Waals surface area contributed by atoms with Crippen molar-refractivity contribution in [2.75, 3.05) is 7.11 Å². The third-order valence-corrected chi connectivity index (χ3v) is 6.73. The Morgan fingerprint density at radius 2 is 1.97 bits per heavy atom. The van der Waals surface area contributed by atoms with E-state index in [1.807, 2.05) is 45.0 Å². The Kier molecular flexibility index (Phi) is 6.91. The number of aryl methyl sites for hydroxylation is 1. The quantitative estimate of drug-likeness (QED) is 0.340. The zero-order chi connectivity index (χ0) is 26.2. The van der Waals surface area contributed by atoms with Crippen LogP contribution in [-0.2, 0) is 21.5 Å². The largest absolute Gasteiger partial charge is 0.496 e. The van der Waals surface area contributed by atoms with Crippen molar-refractivity contribution in [3.05, 3.63) is 70.0 Å². The molecule has 0 aliphatic heterocycles. The van der Waals surface area contributed by atoms with Crippen molar-refractivity contribution in [1.82, 2.24) is 14.5 Å². The van der Waals surface area contributed by atoms with E-state index in [4.69, 9.17) is 13.9 Å². The van der Waals surface area contributed by atoms with Crippen LogP contribution < -0.4 is 10.3 Å². The van der Waals surface area contributed by atoms with Gasteiger partial charge in [0.25, 0.3) is 5.56 Å². The Hall–Kier alpha value is -3.65. The predicted molar refractivity (Wildman–Crippen MR) is 138 cm³/mol. The van der Waals surface area contributed by atoms with E-state index in [-0.39, 0.29) is 23.6 Å². The molecule has 4 aromatic rings. The van der Waals surface area contributed by atoms with Crippen LogP contribution >= 0.6 is 0 Å². The number of benzene rings is 1. The number of rotatable bonds is 9. The zero-order valence-electron chi connectivity index (χ0n) is 21.8. The lowest BCUT2D eigenvalue weighted by Gasteiger charge is -2.27. The molecular weight excluding hydrogens is 458 g/mol. The third-order valence-electron chi connectivity index (χ3n) is 6.73. The second kappa shape index (κ2) is 9.78. The number of carbonyl (C=O) groups excluding carboxylic acids is 1. The number of hydrogen-bond acceptors (Lipinski definition) is 6. The van der Waals surface area contributed by atoms with Crippen LogP contribution in [0.1, 0.15) is 57.4 Å². The van der Waals surface area contributed by atoms with Crippen LogP contribution in [0.25, 0.3) is 22.5 Å². The van der Waals surface area contributed by atoms with Crippen LogP contribution in [0.4, 0.5) is 0 Å². The minimum Gasteiger partial charge on any atom is -0.496 e. The van der Waals surface area contributed by atoms with Gasteiger partial charge in [0.15, 0.2) is 5.78 Å². The molecular formula is C28H33N3O5. The van der Waals surface area contributed by atoms with Gasteiger partial charge in [0.1, 0.15) is 23.2 Å². The number of pyridine rings is 1. The van der Waals surface area contributed by atoms with Crippen molar-refractivity contribution in [2.45, 2.75) is 65.7 Å². The number of ketones is 1. The highest BCUT2D eigenvalue weighted by molar-refractivity contribution is 5.91. The number of carbonyl (C=O) groups is 1. The minimum absolute atomic E-state index is 0.0526. The first-order chi connectivity index (χ1) is 17.1. The van der Waals surface area contributed by atoms with E-state index in [0.717, 1.165) is 16.9 Å². The molecule has 0 aliphatic carbocycles. The van der Waals surface area contributed by atoms with E-state index < -0.39 is 5.54 Å². The normalized spacial score (nSPS) is 12.9. The lowest BCUT2D eigenvalue weighted by atomic mass is 9.96. The van der Waals surface area contributed by atoms with Crippen LogP contribution in [0.3, 0.4) is 0 Å². The van der Waals surface area contributed by atoms with Crippen molar-refractivity contribution >= 4 is 16.7 Å². The number of methoxy groups -OCH3 is 1. The van der Waals surface area contributed by atoms with Gasteiger partial charge in [0.05, 0.1) is 36.4 Å². The molecule has 0 fully saturated rings. The van der Waals surface area contributed by atoms with Crippen molar-refractivity contribution < 1.29 is 18.7 Å². The van der Waals surface area contributed by atoms with Crippen molar-refractivity contribution in [2.24, 2.45) is 0 Å². The molecule has 0 radical (unpaired) electrons. The Balaban J connectivity index is 1.99. The Morgan fingerprint density at radius 1 is 1.25 bits per heavy atom. The Bertz CT molecular complexity index is 1440. The molecule has 1 N–H and O–H groups in total. The SMILES string of the molecule is COc1ccccc1[C@H](Cc1cn(C(C)(C)C(C)=O)c(=O)c2c(C)c(-c3ncco3)[nH]c12)OC(C)C. The molecule has 0 amide bonds. The van der Waals surface area contributed by atoms with E-state index >= 15 is 0 Å². The summed E-state index contributed by atoms with van der Waals surface area (Å²) in [6.07, 6.45) is 4.86. The molecule has 0 spiro atoms. The first-order valence-corrected chi connectivity index (χ1v) is 12.0. The van der Waals surface area contributed by atoms with E-state index in [0.29, 0.717) is 34.5 Å². The van der Waals surface area contributed by atoms with Gasteiger partial charge in [-0.2, -0.15) is 0 Å². The number of oxazole rings is 1. The highest BCUT2D eigenvalue weighted by Gasteiger charge is 2.31. The smallest absolute Gasteiger partial charge is 0.261 e. The van der Waals surface area contributed by atoms with Gasteiger partial charge in [-0.1, -0.05) is 18.2 Å². The number of hydrogen-bond donors (Lipinski definition) is 1. The van der Waals surface area contributed by atoms with Gasteiger partial charge in [-0.15, -0.1) is 0 Å². The Morgan fingerprint density at radius 3 is 2.58 bits per heavy atom. The van der Waals surface area contributed by atoms with Crippen molar-refractivity contribution in [3.63, 3.8) is 0 Å². The van der Waals surface area contributed by atoms with Crippen molar-refractivity contribution in [3.8, 4) is 17.3 Å². The lowest BCUT2D eigenvalue weighted by Crippen LogP contribution is -2.41. The van der Waals surface area contributed by atoms with E-state index in [1.54, 1.807) is 33.4 Å². The summed E-state index contributed by atoms with van der Waals surface area (Å²) in [5.74, 6) is 1.00. The molecule has 4 rings (SSSR count). The molecule has 8 heteroatoms. The number of nitrogens with one attached hydrogen (secondary N) is 1. The molecule has 0 aliphatic rings. The highest BCUT2D eigenvalue weighted by Crippen LogP contribution is 2.35. The standard InChI is InChI=1S/C28H33N3O5/c1-16(2)36-22(20-10-8-9-11-21(20)34-7)14-19-15-31(28(5,6)18(4)32)27(33)23-17(3)24(30-25(19)23)26-29-12-13-35-26/h8-13,15-16,22,30H,14H2,1-7H3/t22-/m0/s1. The van der Waals surface area contributed by atoms with Crippen LogP contribution in [0.5, 0.6) is 5.75 Å². The summed E-state index contributed by atoms with van der Waals surface area (Å²) in [7, 11) is 1.63. The van der Waals surface area contributed by atoms with Crippen LogP contribution in [0.15, 0.2) is 52.1 Å². The van der Waals surface area contributed by atoms with Crippen LogP contribution in [-0.4, -0.2) is 33.5 Å². The number of aromatic nitrogens is 3. The number of aromatic amines is 1. The molecule has 8 nitrogen and oxygen atoms in total. The van der Waals surface area contributed by atoms with Crippen molar-refractivity contribution in [1.29, 1.82) is 0 Å². The number of para-hydroxylation sites is 1. The minimum atomic E-state index is -1.04. The summed E-state index contributed by atoms with van der Waals surface area (Å²) < 4.78 is 19.1. The van der Waals surface area contributed by atoms with Crippen LogP contribution in [0.2, 0.25) is 0 Å². The summed E-state index contributed by atoms with van der Waals surface area (Å²) in [4.78, 5) is 34.0. The molecule has 0 saturated carbocycles. The number of fused-ring (bicyclic) bond motifs is 1. The van der Waals surface area contributed by atoms with Crippen LogP contribution in [0, 0.1) is 6.92 Å². The molecule has 0 unspecified atom stereocenters. The number of ether oxygens (including phenoxy) is 2. The first kappa shape index (κ1) is 25.4. The lowest BCUT2D eigenvalue weighted by molar-refractivity contribution is -0.124. The fourth-order valence-corrected chi connectivity index (χ4v) is 4.49. The first-order valence-electron chi connectivity index (χ1n) is 12.0. The van der Waals surface area contributed by atoms with Gasteiger partial charge < -0.3 is 23.4 Å². The molecule has 1 atom stereocenters. The fourth-order valence-electron chi connectivity index (χ4n) is 4.49. The van der Waals surface area contributed by atoms with E-state index in [9.17, 15) is 9.59 Å². The molecule has 1 aromatic carbocycles. The highest BCUT2D eigenvalue weighted by atomic mass is 16.5. The summed E-state index contributed by atoms with van der Waals surface area (Å²) in [5, 5.41) is 0.498. The molecule has 3 aromatic heterocycles. The average molecular weight is 492 g/mol. The van der Waals surface area contributed by atoms with E-state index in [2.05, 4.69) is 9.97 Å². The fraction of sp³-hybridized carbons (Fsp3) is 0.393. The molecule has 190 valence electrons. The monoisotopic (exact) mass is 491 g/mol. The number of Topliss-reactive ketones (excluding diaryl/α,β-unsaturated/α-hetero) is 1. The summed E-state index contributed by atoms with van der Waals surface area (Å²) in [5.41, 5.74) is 2.47. The van der Waals surface area contributed by atoms with Gasteiger partial charge >= 0.3 is 0 Å². The van der Waals surface area contributed by atoms with Gasteiger partial charge in [-0.05, 0) is 58.7 Å². The molecule has 36 heavy (non-hydrogen) atoms.